The molecule has 1 aliphatic rings. The van der Waals surface area contributed by atoms with E-state index in [0.29, 0.717) is 17.4 Å². The summed E-state index contributed by atoms with van der Waals surface area (Å²) in [5.41, 5.74) is 6.48. The van der Waals surface area contributed by atoms with Gasteiger partial charge < -0.3 is 10.5 Å². The van der Waals surface area contributed by atoms with Crippen LogP contribution in [0.25, 0.3) is 0 Å². The summed E-state index contributed by atoms with van der Waals surface area (Å²) in [5.74, 6) is 2.03. The molecule has 0 aliphatic heterocycles. The highest BCUT2D eigenvalue weighted by molar-refractivity contribution is 5.34. The normalized spacial score (nSPS) is 23.3. The number of ether oxygens (including phenoxy) is 1. The van der Waals surface area contributed by atoms with Gasteiger partial charge in [0.15, 0.2) is 0 Å². The molecule has 2 unspecified atom stereocenters. The zero-order valence-corrected chi connectivity index (χ0v) is 10.6. The van der Waals surface area contributed by atoms with Crippen LogP contribution < -0.4 is 10.5 Å². The fraction of sp³-hybridized carbons (Fsp3) is 0.533. The first-order valence-electron chi connectivity index (χ1n) is 6.66. The Balaban J connectivity index is 1.87. The summed E-state index contributed by atoms with van der Waals surface area (Å²) in [6.07, 6.45) is 5.04. The minimum Gasteiger partial charge on any atom is -0.493 e. The van der Waals surface area contributed by atoms with Crippen molar-refractivity contribution >= 4 is 0 Å². The van der Waals surface area contributed by atoms with Crippen LogP contribution in [0.1, 0.15) is 31.2 Å². The highest BCUT2D eigenvalue weighted by atomic mass is 16.5. The zero-order valence-electron chi connectivity index (χ0n) is 10.6. The summed E-state index contributed by atoms with van der Waals surface area (Å²) in [4.78, 5) is 0. The Kier molecular flexibility index (Phi) is 4.60. The number of rotatable bonds is 4. The molecule has 0 saturated heterocycles. The first-order valence-corrected chi connectivity index (χ1v) is 6.66. The Morgan fingerprint density at radius 2 is 1.83 bits per heavy atom. The van der Waals surface area contributed by atoms with Gasteiger partial charge in [0.05, 0.1) is 18.2 Å². The number of benzene rings is 1. The number of nitrogens with two attached hydrogens (primary N) is 1. The summed E-state index contributed by atoms with van der Waals surface area (Å²) in [6.45, 7) is 1.51. The van der Waals surface area contributed by atoms with Crippen LogP contribution in [0.5, 0.6) is 5.75 Å². The molecule has 96 valence electrons. The van der Waals surface area contributed by atoms with Crippen molar-refractivity contribution in [2.75, 3.05) is 13.2 Å². The molecule has 2 N–H and O–H groups in total. The van der Waals surface area contributed by atoms with Crippen molar-refractivity contribution in [2.24, 2.45) is 17.6 Å². The highest BCUT2D eigenvalue weighted by Crippen LogP contribution is 2.29. The largest absolute Gasteiger partial charge is 0.493 e. The second kappa shape index (κ2) is 6.42. The van der Waals surface area contributed by atoms with Gasteiger partial charge in [0, 0.05) is 0 Å². The van der Waals surface area contributed by atoms with Crippen LogP contribution in [0.15, 0.2) is 24.3 Å². The number of hydrogen-bond donors (Lipinski definition) is 1. The Labute approximate surface area is 109 Å². The van der Waals surface area contributed by atoms with Gasteiger partial charge in [0.2, 0.25) is 0 Å². The van der Waals surface area contributed by atoms with Crippen LogP contribution in [-0.4, -0.2) is 13.2 Å². The number of hydrogen-bond acceptors (Lipinski definition) is 3. The first kappa shape index (κ1) is 12.9. The number of nitriles is 1. The van der Waals surface area contributed by atoms with Crippen molar-refractivity contribution in [1.29, 1.82) is 5.26 Å². The van der Waals surface area contributed by atoms with Crippen molar-refractivity contribution in [3.05, 3.63) is 29.8 Å². The standard InChI is InChI=1S/C15H20N2O/c16-9-12-5-7-15(8-6-12)18-11-14-4-2-1-3-13(14)10-17/h5-8,13-14H,1-4,10-11,17H2. The minimum atomic E-state index is 0.583. The van der Waals surface area contributed by atoms with E-state index in [9.17, 15) is 0 Å². The van der Waals surface area contributed by atoms with Crippen LogP contribution in [0.3, 0.4) is 0 Å². The molecule has 3 nitrogen and oxygen atoms in total. The molecule has 0 amide bonds. The molecule has 18 heavy (non-hydrogen) atoms. The maximum atomic E-state index is 8.72. The van der Waals surface area contributed by atoms with Gasteiger partial charge in [-0.15, -0.1) is 0 Å². The molecule has 0 radical (unpaired) electrons. The SMILES string of the molecule is N#Cc1ccc(OCC2CCCCC2CN)cc1. The predicted molar refractivity (Wildman–Crippen MR) is 71.2 cm³/mol. The second-order valence-electron chi connectivity index (χ2n) is 4.99. The van der Waals surface area contributed by atoms with Gasteiger partial charge in [-0.05, 0) is 55.5 Å². The molecule has 1 aliphatic carbocycles. The van der Waals surface area contributed by atoms with Crippen molar-refractivity contribution in [3.8, 4) is 11.8 Å². The third kappa shape index (κ3) is 3.24. The highest BCUT2D eigenvalue weighted by Gasteiger charge is 2.24. The Morgan fingerprint density at radius 3 is 2.44 bits per heavy atom. The summed E-state index contributed by atoms with van der Waals surface area (Å²) in [6, 6.07) is 9.40. The van der Waals surface area contributed by atoms with Gasteiger partial charge in [0.1, 0.15) is 5.75 Å². The Hall–Kier alpha value is -1.53. The van der Waals surface area contributed by atoms with E-state index in [1.54, 1.807) is 12.1 Å². The monoisotopic (exact) mass is 244 g/mol. The van der Waals surface area contributed by atoms with Crippen molar-refractivity contribution in [1.82, 2.24) is 0 Å². The van der Waals surface area contributed by atoms with Crippen LogP contribution >= 0.6 is 0 Å². The average molecular weight is 244 g/mol. The van der Waals surface area contributed by atoms with Gasteiger partial charge >= 0.3 is 0 Å². The lowest BCUT2D eigenvalue weighted by atomic mass is 9.80. The third-order valence-electron chi connectivity index (χ3n) is 3.82. The maximum absolute atomic E-state index is 8.72. The second-order valence-corrected chi connectivity index (χ2v) is 4.99. The summed E-state index contributed by atoms with van der Waals surface area (Å²) >= 11 is 0. The fourth-order valence-electron chi connectivity index (χ4n) is 2.64. The lowest BCUT2D eigenvalue weighted by Crippen LogP contribution is -2.30. The zero-order chi connectivity index (χ0) is 12.8. The van der Waals surface area contributed by atoms with E-state index < -0.39 is 0 Å². The van der Waals surface area contributed by atoms with E-state index in [4.69, 9.17) is 15.7 Å². The molecular weight excluding hydrogens is 224 g/mol. The van der Waals surface area contributed by atoms with Gasteiger partial charge in [-0.1, -0.05) is 12.8 Å². The molecule has 3 heteroatoms. The topological polar surface area (TPSA) is 59.0 Å². The van der Waals surface area contributed by atoms with Gasteiger partial charge in [0.25, 0.3) is 0 Å². The molecule has 1 fully saturated rings. The molecule has 1 saturated carbocycles. The minimum absolute atomic E-state index is 0.583. The quantitative estimate of drug-likeness (QED) is 0.885. The Bertz CT molecular complexity index is 407. The van der Waals surface area contributed by atoms with Gasteiger partial charge in [-0.3, -0.25) is 0 Å². The van der Waals surface area contributed by atoms with Crippen molar-refractivity contribution in [3.63, 3.8) is 0 Å². The molecule has 2 atom stereocenters. The van der Waals surface area contributed by atoms with Crippen molar-refractivity contribution in [2.45, 2.75) is 25.7 Å². The summed E-state index contributed by atoms with van der Waals surface area (Å²) in [7, 11) is 0. The van der Waals surface area contributed by atoms with E-state index in [1.165, 1.54) is 25.7 Å². The first-order chi connectivity index (χ1) is 8.83. The Morgan fingerprint density at radius 1 is 1.17 bits per heavy atom. The molecule has 0 bridgehead atoms. The van der Waals surface area contributed by atoms with Crippen LogP contribution in [0.2, 0.25) is 0 Å². The summed E-state index contributed by atoms with van der Waals surface area (Å²) in [5, 5.41) is 8.72. The van der Waals surface area contributed by atoms with Gasteiger partial charge in [-0.2, -0.15) is 5.26 Å². The van der Waals surface area contributed by atoms with Gasteiger partial charge in [-0.25, -0.2) is 0 Å². The number of nitrogens with zero attached hydrogens (tertiary/aromatic N) is 1. The van der Waals surface area contributed by atoms with Crippen LogP contribution in [0.4, 0.5) is 0 Å². The van der Waals surface area contributed by atoms with E-state index in [-0.39, 0.29) is 0 Å². The van der Waals surface area contributed by atoms with E-state index in [2.05, 4.69) is 6.07 Å². The third-order valence-corrected chi connectivity index (χ3v) is 3.82. The molecular formula is C15H20N2O. The van der Waals surface area contributed by atoms with E-state index in [1.807, 2.05) is 12.1 Å². The molecule has 1 aromatic carbocycles. The predicted octanol–water partition coefficient (Wildman–Crippen LogP) is 2.70. The average Bonchev–Trinajstić information content (AvgIpc) is 2.46. The molecule has 0 heterocycles. The van der Waals surface area contributed by atoms with Crippen molar-refractivity contribution < 1.29 is 4.74 Å². The molecule has 0 aromatic heterocycles. The fourth-order valence-corrected chi connectivity index (χ4v) is 2.64. The van der Waals surface area contributed by atoms with E-state index >= 15 is 0 Å². The summed E-state index contributed by atoms with van der Waals surface area (Å²) < 4.78 is 5.81. The lowest BCUT2D eigenvalue weighted by Gasteiger charge is -2.30. The maximum Gasteiger partial charge on any atom is 0.119 e. The van der Waals surface area contributed by atoms with E-state index in [0.717, 1.165) is 18.9 Å². The smallest absolute Gasteiger partial charge is 0.119 e. The van der Waals surface area contributed by atoms with Crippen LogP contribution in [-0.2, 0) is 0 Å². The van der Waals surface area contributed by atoms with Crippen LogP contribution in [0, 0.1) is 23.2 Å². The molecule has 0 spiro atoms. The molecule has 2 rings (SSSR count). The lowest BCUT2D eigenvalue weighted by molar-refractivity contribution is 0.153. The molecule has 1 aromatic rings.